The lowest BCUT2D eigenvalue weighted by Gasteiger charge is -2.15. The van der Waals surface area contributed by atoms with Crippen LogP contribution in [-0.2, 0) is 19.5 Å². The summed E-state index contributed by atoms with van der Waals surface area (Å²) in [5.74, 6) is 0.563. The van der Waals surface area contributed by atoms with Crippen LogP contribution in [0.3, 0.4) is 0 Å². The standard InChI is InChI=1S/C23H24BN7O3/c25-11-15-10-17-16(21(26)32)5-2-6-19(17)31(15)23-29-18-7-8-27-20(18)22(30-23)28-12-13-3-1-4-14(9-13)24(33)34/h1-6,9-10,27,33-34H,7-8,11-12,25H2,(H2,26,32)(H,28,29,30). The first kappa shape index (κ1) is 21.9. The normalized spacial score (nSPS) is 12.4. The second-order valence-corrected chi connectivity index (χ2v) is 8.12. The zero-order valence-electron chi connectivity index (χ0n) is 18.3. The minimum Gasteiger partial charge on any atom is -0.423 e. The summed E-state index contributed by atoms with van der Waals surface area (Å²) in [4.78, 5) is 21.5. The van der Waals surface area contributed by atoms with Gasteiger partial charge in [-0.05, 0) is 29.2 Å². The number of anilines is 2. The van der Waals surface area contributed by atoms with E-state index in [1.54, 1.807) is 30.3 Å². The number of fused-ring (bicyclic) bond motifs is 2. The van der Waals surface area contributed by atoms with Gasteiger partial charge in [-0.2, -0.15) is 4.98 Å². The molecule has 11 heteroatoms. The van der Waals surface area contributed by atoms with Crippen molar-refractivity contribution in [2.24, 2.45) is 11.5 Å². The second kappa shape index (κ2) is 8.78. The van der Waals surface area contributed by atoms with Crippen molar-refractivity contribution in [3.05, 3.63) is 71.0 Å². The fraction of sp³-hybridized carbons (Fsp3) is 0.174. The topological polar surface area (TPSA) is 164 Å². The molecule has 0 radical (unpaired) electrons. The average Bonchev–Trinajstić information content (AvgIpc) is 3.46. The summed E-state index contributed by atoms with van der Waals surface area (Å²) in [7, 11) is -1.53. The number of benzene rings is 2. The van der Waals surface area contributed by atoms with Crippen LogP contribution in [0.15, 0.2) is 48.5 Å². The molecule has 1 aliphatic rings. The van der Waals surface area contributed by atoms with Crippen LogP contribution < -0.4 is 27.6 Å². The Hall–Kier alpha value is -3.93. The smallest absolute Gasteiger partial charge is 0.423 e. The van der Waals surface area contributed by atoms with Gasteiger partial charge in [0.15, 0.2) is 5.82 Å². The van der Waals surface area contributed by atoms with Crippen LogP contribution in [0.5, 0.6) is 0 Å². The molecule has 0 aliphatic carbocycles. The molecule has 0 atom stereocenters. The highest BCUT2D eigenvalue weighted by Gasteiger charge is 2.22. The molecule has 172 valence electrons. The predicted octanol–water partition coefficient (Wildman–Crippen LogP) is 0.238. The van der Waals surface area contributed by atoms with Crippen LogP contribution in [0, 0.1) is 0 Å². The van der Waals surface area contributed by atoms with E-state index in [2.05, 4.69) is 10.6 Å². The van der Waals surface area contributed by atoms with Crippen LogP contribution in [0.25, 0.3) is 16.9 Å². The number of amides is 1. The SMILES string of the molecule is NCc1cc2c(C(N)=O)cccc2n1-c1nc2c(c(NCc3cccc(B(O)O)c3)n1)NCC2. The van der Waals surface area contributed by atoms with Gasteiger partial charge in [0.1, 0.15) is 0 Å². The molecule has 0 unspecified atom stereocenters. The Labute approximate surface area is 195 Å². The zero-order chi connectivity index (χ0) is 23.8. The highest BCUT2D eigenvalue weighted by molar-refractivity contribution is 6.58. The molecule has 0 fully saturated rings. The van der Waals surface area contributed by atoms with Gasteiger partial charge < -0.3 is 32.1 Å². The molecule has 2 aromatic heterocycles. The molecule has 0 bridgehead atoms. The van der Waals surface area contributed by atoms with Crippen LogP contribution in [-0.4, -0.2) is 44.2 Å². The number of carbonyl (C=O) groups is 1. The average molecular weight is 457 g/mol. The molecule has 3 heterocycles. The number of hydrogen-bond acceptors (Lipinski definition) is 8. The monoisotopic (exact) mass is 457 g/mol. The first-order valence-electron chi connectivity index (χ1n) is 10.9. The number of carbonyl (C=O) groups excluding carboxylic acids is 1. The lowest BCUT2D eigenvalue weighted by Crippen LogP contribution is -2.30. The molecule has 4 aromatic rings. The largest absolute Gasteiger partial charge is 0.488 e. The Balaban J connectivity index is 1.58. The second-order valence-electron chi connectivity index (χ2n) is 8.12. The van der Waals surface area contributed by atoms with E-state index in [-0.39, 0.29) is 6.54 Å². The third-order valence-electron chi connectivity index (χ3n) is 5.94. The number of nitrogens with zero attached hydrogens (tertiary/aromatic N) is 3. The summed E-state index contributed by atoms with van der Waals surface area (Å²) >= 11 is 0. The minimum absolute atomic E-state index is 0.227. The van der Waals surface area contributed by atoms with Crippen molar-refractivity contribution < 1.29 is 14.8 Å². The molecular formula is C23H24BN7O3. The van der Waals surface area contributed by atoms with Crippen molar-refractivity contribution in [2.75, 3.05) is 17.2 Å². The molecule has 1 amide bonds. The van der Waals surface area contributed by atoms with Crippen molar-refractivity contribution in [3.8, 4) is 5.95 Å². The van der Waals surface area contributed by atoms with E-state index in [1.165, 1.54) is 0 Å². The Morgan fingerprint density at radius 1 is 1.18 bits per heavy atom. The van der Waals surface area contributed by atoms with Crippen LogP contribution in [0.1, 0.15) is 27.3 Å². The molecule has 10 nitrogen and oxygen atoms in total. The van der Waals surface area contributed by atoms with E-state index >= 15 is 0 Å². The lowest BCUT2D eigenvalue weighted by molar-refractivity contribution is 0.100. The van der Waals surface area contributed by atoms with Crippen LogP contribution >= 0.6 is 0 Å². The number of hydrogen-bond donors (Lipinski definition) is 6. The van der Waals surface area contributed by atoms with Gasteiger partial charge in [-0.25, -0.2) is 4.98 Å². The number of aromatic nitrogens is 3. The van der Waals surface area contributed by atoms with Crippen molar-refractivity contribution in [2.45, 2.75) is 19.5 Å². The van der Waals surface area contributed by atoms with Crippen molar-refractivity contribution in [1.82, 2.24) is 14.5 Å². The summed E-state index contributed by atoms with van der Waals surface area (Å²) < 4.78 is 1.86. The third kappa shape index (κ3) is 3.85. The summed E-state index contributed by atoms with van der Waals surface area (Å²) in [6.45, 7) is 1.40. The number of nitrogens with one attached hydrogen (secondary N) is 2. The summed E-state index contributed by atoms with van der Waals surface area (Å²) in [5, 5.41) is 26.3. The zero-order valence-corrected chi connectivity index (χ0v) is 18.3. The molecular weight excluding hydrogens is 433 g/mol. The highest BCUT2D eigenvalue weighted by atomic mass is 16.4. The Morgan fingerprint density at radius 2 is 2.00 bits per heavy atom. The summed E-state index contributed by atoms with van der Waals surface area (Å²) in [5.41, 5.74) is 16.5. The molecule has 2 aromatic carbocycles. The molecule has 0 saturated carbocycles. The lowest BCUT2D eigenvalue weighted by atomic mass is 9.80. The van der Waals surface area contributed by atoms with Gasteiger partial charge in [-0.3, -0.25) is 9.36 Å². The maximum Gasteiger partial charge on any atom is 0.488 e. The maximum atomic E-state index is 12.0. The van der Waals surface area contributed by atoms with E-state index in [0.717, 1.165) is 41.1 Å². The molecule has 1 aliphatic heterocycles. The predicted molar refractivity (Wildman–Crippen MR) is 131 cm³/mol. The van der Waals surface area contributed by atoms with Crippen molar-refractivity contribution in [3.63, 3.8) is 0 Å². The van der Waals surface area contributed by atoms with Gasteiger partial charge >= 0.3 is 7.12 Å². The Morgan fingerprint density at radius 3 is 2.76 bits per heavy atom. The summed E-state index contributed by atoms with van der Waals surface area (Å²) in [6.07, 6.45) is 0.745. The quantitative estimate of drug-likeness (QED) is 0.215. The van der Waals surface area contributed by atoms with Gasteiger partial charge in [-0.1, -0.05) is 30.3 Å². The fourth-order valence-electron chi connectivity index (χ4n) is 4.33. The van der Waals surface area contributed by atoms with Gasteiger partial charge in [0.05, 0.1) is 16.9 Å². The van der Waals surface area contributed by atoms with Crippen LogP contribution in [0.4, 0.5) is 11.5 Å². The van der Waals surface area contributed by atoms with E-state index < -0.39 is 13.0 Å². The van der Waals surface area contributed by atoms with Gasteiger partial charge in [0.25, 0.3) is 0 Å². The molecule has 34 heavy (non-hydrogen) atoms. The van der Waals surface area contributed by atoms with Crippen molar-refractivity contribution in [1.29, 1.82) is 0 Å². The Kier molecular flexibility index (Phi) is 5.66. The molecule has 0 saturated heterocycles. The minimum atomic E-state index is -1.53. The van der Waals surface area contributed by atoms with Gasteiger partial charge in [-0.15, -0.1) is 0 Å². The number of nitrogens with two attached hydrogens (primary N) is 2. The van der Waals surface area contributed by atoms with E-state index in [1.807, 2.05) is 22.8 Å². The third-order valence-corrected chi connectivity index (χ3v) is 5.94. The fourth-order valence-corrected chi connectivity index (χ4v) is 4.33. The highest BCUT2D eigenvalue weighted by Crippen LogP contribution is 2.32. The first-order valence-corrected chi connectivity index (χ1v) is 10.9. The van der Waals surface area contributed by atoms with Crippen molar-refractivity contribution >= 4 is 40.9 Å². The van der Waals surface area contributed by atoms with Gasteiger partial charge in [0, 0.05) is 42.7 Å². The molecule has 5 rings (SSSR count). The van der Waals surface area contributed by atoms with Gasteiger partial charge in [0.2, 0.25) is 11.9 Å². The summed E-state index contributed by atoms with van der Waals surface area (Å²) in [6, 6.07) is 14.2. The van der Waals surface area contributed by atoms with Crippen LogP contribution in [0.2, 0.25) is 0 Å². The number of rotatable bonds is 7. The number of primary amides is 1. The van der Waals surface area contributed by atoms with E-state index in [4.69, 9.17) is 21.4 Å². The van der Waals surface area contributed by atoms with E-state index in [0.29, 0.717) is 34.7 Å². The molecule has 0 spiro atoms. The maximum absolute atomic E-state index is 12.0. The Bertz CT molecular complexity index is 1400. The van der Waals surface area contributed by atoms with E-state index in [9.17, 15) is 14.8 Å². The molecule has 8 N–H and O–H groups in total. The first-order chi connectivity index (χ1) is 16.5.